The van der Waals surface area contributed by atoms with Gasteiger partial charge in [0.1, 0.15) is 27.0 Å². The summed E-state index contributed by atoms with van der Waals surface area (Å²) in [6.45, 7) is -0.919. The molecule has 0 aromatic heterocycles. The number of hydrogen-bond acceptors (Lipinski definition) is 7. The summed E-state index contributed by atoms with van der Waals surface area (Å²) >= 11 is 4.88. The quantitative estimate of drug-likeness (QED) is 0.123. The number of nitrogens with one attached hydrogen (secondary N) is 3. The Morgan fingerprint density at radius 2 is 1.82 bits per heavy atom. The van der Waals surface area contributed by atoms with Crippen LogP contribution in [-0.2, 0) is 23.9 Å². The molecule has 33 heavy (non-hydrogen) atoms. The van der Waals surface area contributed by atoms with Crippen LogP contribution in [0.1, 0.15) is 38.5 Å². The molecule has 2 rings (SSSR count). The van der Waals surface area contributed by atoms with Crippen molar-refractivity contribution in [1.29, 1.82) is 0 Å². The zero-order valence-electron chi connectivity index (χ0n) is 18.6. The zero-order valence-corrected chi connectivity index (χ0v) is 19.5. The molecule has 0 aromatic carbocycles. The van der Waals surface area contributed by atoms with Crippen molar-refractivity contribution < 1.29 is 33.8 Å². The van der Waals surface area contributed by atoms with Crippen LogP contribution in [0.5, 0.6) is 0 Å². The van der Waals surface area contributed by atoms with E-state index in [4.69, 9.17) is 28.2 Å². The van der Waals surface area contributed by atoms with Crippen LogP contribution in [0.4, 0.5) is 4.79 Å². The number of amides is 4. The predicted octanol–water partition coefficient (Wildman–Crippen LogP) is -1.12. The number of carbonyl (C=O) groups is 5. The molecule has 1 saturated carbocycles. The van der Waals surface area contributed by atoms with Crippen molar-refractivity contribution >= 4 is 50.3 Å². The molecule has 4 atom stereocenters. The van der Waals surface area contributed by atoms with Crippen molar-refractivity contribution in [2.24, 2.45) is 11.7 Å². The SMILES string of the molecule is BC12CC/C=C\CCC1(S)C2COC(=O)NCC(=O)NC(CCC(N)=O)C(=O)NCC(=O)O. The molecule has 0 spiro atoms. The van der Waals surface area contributed by atoms with E-state index in [1.54, 1.807) is 0 Å². The number of hydrogen-bond donors (Lipinski definition) is 6. The first-order valence-electron chi connectivity index (χ1n) is 10.8. The summed E-state index contributed by atoms with van der Waals surface area (Å²) in [4.78, 5) is 58.0. The lowest BCUT2D eigenvalue weighted by molar-refractivity contribution is -0.138. The highest BCUT2D eigenvalue weighted by Gasteiger charge is 2.70. The zero-order chi connectivity index (χ0) is 24.6. The van der Waals surface area contributed by atoms with Crippen LogP contribution < -0.4 is 21.7 Å². The van der Waals surface area contributed by atoms with Gasteiger partial charge >= 0.3 is 12.1 Å². The third kappa shape index (κ3) is 7.14. The maximum Gasteiger partial charge on any atom is 0.407 e. The standard InChI is InChI=1S/C20H31BN4O7S/c21-19-7-3-1-2-4-8-20(19,33)13(19)11-32-18(31)24-9-15(27)25-12(5-6-14(22)26)17(30)23-10-16(28)29/h1-2,12-13,33H,3-11,21H2,(H2,22,26)(H,23,30)(H,24,31)(H,25,27)(H,28,29)/b2-1-. The van der Waals surface area contributed by atoms with Crippen molar-refractivity contribution in [2.75, 3.05) is 19.7 Å². The normalized spacial score (nSPS) is 27.5. The van der Waals surface area contributed by atoms with Crippen LogP contribution in [0, 0.1) is 5.92 Å². The smallest absolute Gasteiger partial charge is 0.407 e. The summed E-state index contributed by atoms with van der Waals surface area (Å²) in [5.41, 5.74) is 5.07. The molecule has 0 saturated heterocycles. The fourth-order valence-corrected chi connectivity index (χ4v) is 5.08. The maximum absolute atomic E-state index is 12.2. The van der Waals surface area contributed by atoms with E-state index in [9.17, 15) is 24.0 Å². The Morgan fingerprint density at radius 3 is 2.45 bits per heavy atom. The number of thiol groups is 1. The molecular weight excluding hydrogens is 451 g/mol. The Labute approximate surface area is 198 Å². The first kappa shape index (κ1) is 26.6. The number of fused-ring (bicyclic) bond motifs is 1. The molecule has 2 aliphatic carbocycles. The van der Waals surface area contributed by atoms with E-state index >= 15 is 0 Å². The lowest BCUT2D eigenvalue weighted by Gasteiger charge is -2.18. The van der Waals surface area contributed by atoms with Gasteiger partial charge in [0.15, 0.2) is 0 Å². The van der Waals surface area contributed by atoms with Gasteiger partial charge in [0.25, 0.3) is 0 Å². The molecule has 0 aromatic rings. The minimum absolute atomic E-state index is 0.0184. The molecule has 0 bridgehead atoms. The van der Waals surface area contributed by atoms with Gasteiger partial charge < -0.3 is 31.5 Å². The van der Waals surface area contributed by atoms with E-state index in [1.165, 1.54) is 0 Å². The summed E-state index contributed by atoms with van der Waals surface area (Å²) in [7, 11) is 2.15. The highest BCUT2D eigenvalue weighted by molar-refractivity contribution is 7.82. The fourth-order valence-electron chi connectivity index (χ4n) is 4.39. The van der Waals surface area contributed by atoms with Gasteiger partial charge in [-0.1, -0.05) is 12.2 Å². The third-order valence-corrected chi connectivity index (χ3v) is 7.51. The number of primary amides is 1. The Hall–Kier alpha value is -2.70. The summed E-state index contributed by atoms with van der Waals surface area (Å²) in [5, 5.41) is 15.5. The first-order chi connectivity index (χ1) is 15.5. The van der Waals surface area contributed by atoms with Gasteiger partial charge in [0, 0.05) is 17.1 Å². The van der Waals surface area contributed by atoms with Crippen LogP contribution in [-0.4, -0.2) is 73.2 Å². The monoisotopic (exact) mass is 482 g/mol. The van der Waals surface area contributed by atoms with Gasteiger partial charge in [0.2, 0.25) is 17.7 Å². The topological polar surface area (TPSA) is 177 Å². The van der Waals surface area contributed by atoms with Crippen molar-refractivity contribution in [3.63, 3.8) is 0 Å². The Bertz CT molecular complexity index is 804. The molecular formula is C20H31BN4O7S. The van der Waals surface area contributed by atoms with E-state index in [-0.39, 0.29) is 35.4 Å². The number of aliphatic carboxylic acids is 1. The number of nitrogens with two attached hydrogens (primary N) is 1. The van der Waals surface area contributed by atoms with Crippen molar-refractivity contribution in [2.45, 2.75) is 54.6 Å². The van der Waals surface area contributed by atoms with Gasteiger partial charge in [-0.25, -0.2) is 4.79 Å². The van der Waals surface area contributed by atoms with Crippen molar-refractivity contribution in [3.05, 3.63) is 12.2 Å². The number of ether oxygens (including phenoxy) is 1. The van der Waals surface area contributed by atoms with Crippen molar-refractivity contribution in [1.82, 2.24) is 16.0 Å². The van der Waals surface area contributed by atoms with Crippen LogP contribution in [0.25, 0.3) is 0 Å². The van der Waals surface area contributed by atoms with Gasteiger partial charge in [-0.2, -0.15) is 12.6 Å². The van der Waals surface area contributed by atoms with E-state index in [1.807, 2.05) is 0 Å². The third-order valence-electron chi connectivity index (χ3n) is 6.46. The molecule has 0 radical (unpaired) electrons. The summed E-state index contributed by atoms with van der Waals surface area (Å²) in [6.07, 6.45) is 6.98. The molecule has 13 heteroatoms. The van der Waals surface area contributed by atoms with Crippen LogP contribution in [0.3, 0.4) is 0 Å². The molecule has 1 fully saturated rings. The molecule has 4 amide bonds. The second-order valence-electron chi connectivity index (χ2n) is 8.63. The van der Waals surface area contributed by atoms with Gasteiger partial charge in [-0.3, -0.25) is 19.2 Å². The number of alkyl carbamates (subject to hydrolysis) is 1. The molecule has 4 unspecified atom stereocenters. The Balaban J connectivity index is 1.78. The van der Waals surface area contributed by atoms with Crippen LogP contribution in [0.15, 0.2) is 12.2 Å². The maximum atomic E-state index is 12.2. The molecule has 2 aliphatic rings. The molecule has 11 nitrogen and oxygen atoms in total. The second-order valence-corrected chi connectivity index (χ2v) is 9.43. The summed E-state index contributed by atoms with van der Waals surface area (Å²) in [5.74, 6) is -3.31. The predicted molar refractivity (Wildman–Crippen MR) is 124 cm³/mol. The number of carbonyl (C=O) groups excluding carboxylic acids is 4. The van der Waals surface area contributed by atoms with E-state index < -0.39 is 48.9 Å². The molecule has 0 aliphatic heterocycles. The Kier molecular flexibility index (Phi) is 9.21. The highest BCUT2D eigenvalue weighted by atomic mass is 32.1. The average molecular weight is 482 g/mol. The van der Waals surface area contributed by atoms with E-state index in [0.29, 0.717) is 0 Å². The van der Waals surface area contributed by atoms with E-state index in [2.05, 4.69) is 35.9 Å². The average Bonchev–Trinajstić information content (AvgIpc) is 3.18. The lowest BCUT2D eigenvalue weighted by Crippen LogP contribution is -2.50. The highest BCUT2D eigenvalue weighted by Crippen LogP contribution is 2.74. The number of allylic oxidation sites excluding steroid dienone is 2. The number of rotatable bonds is 11. The molecule has 182 valence electrons. The van der Waals surface area contributed by atoms with Crippen molar-refractivity contribution in [3.8, 4) is 0 Å². The second kappa shape index (κ2) is 11.4. The first-order valence-corrected chi connectivity index (χ1v) is 11.3. The number of carboxylic acid groups (broad SMARTS) is 1. The minimum atomic E-state index is -1.26. The van der Waals surface area contributed by atoms with E-state index in [0.717, 1.165) is 25.7 Å². The summed E-state index contributed by atoms with van der Waals surface area (Å²) in [6, 6.07) is -1.18. The van der Waals surface area contributed by atoms with Crippen LogP contribution >= 0.6 is 12.6 Å². The van der Waals surface area contributed by atoms with Crippen LogP contribution in [0.2, 0.25) is 5.31 Å². The number of carboxylic acids is 1. The van der Waals surface area contributed by atoms with Gasteiger partial charge in [-0.05, 0) is 37.4 Å². The lowest BCUT2D eigenvalue weighted by atomic mass is 9.74. The Morgan fingerprint density at radius 1 is 1.15 bits per heavy atom. The van der Waals surface area contributed by atoms with Gasteiger partial charge in [0.05, 0.1) is 6.61 Å². The molecule has 0 heterocycles. The van der Waals surface area contributed by atoms with Gasteiger partial charge in [-0.15, -0.1) is 0 Å². The fraction of sp³-hybridized carbons (Fsp3) is 0.650. The summed E-state index contributed by atoms with van der Waals surface area (Å²) < 4.78 is 5.12. The molecule has 6 N–H and O–H groups in total. The largest absolute Gasteiger partial charge is 0.480 e. The minimum Gasteiger partial charge on any atom is -0.480 e.